The van der Waals surface area contributed by atoms with Gasteiger partial charge in [-0.25, -0.2) is 12.4 Å². The summed E-state index contributed by atoms with van der Waals surface area (Å²) >= 11 is 0. The van der Waals surface area contributed by atoms with Gasteiger partial charge in [0.05, 0.1) is 21.6 Å². The maximum atomic E-state index is 12.9. The van der Waals surface area contributed by atoms with Crippen molar-refractivity contribution in [2.75, 3.05) is 0 Å². The van der Waals surface area contributed by atoms with Crippen LogP contribution in [0.25, 0.3) is 21.8 Å². The van der Waals surface area contributed by atoms with Gasteiger partial charge >= 0.3 is 0 Å². The molecule has 2 heterocycles. The minimum absolute atomic E-state index is 0.269. The standard InChI is InChI=1S/C18H14N2O2S/c1-13-18-16(15-9-5-6-10-17(15)19-13)11-12-20(18)23(21,22)14-7-3-2-4-8-14/h2-12H,1H3. The molecule has 0 unspecified atom stereocenters. The van der Waals surface area contributed by atoms with Gasteiger partial charge in [0.15, 0.2) is 0 Å². The van der Waals surface area contributed by atoms with Crippen molar-refractivity contribution >= 4 is 31.8 Å². The highest BCUT2D eigenvalue weighted by molar-refractivity contribution is 7.90. The molecule has 0 fully saturated rings. The summed E-state index contributed by atoms with van der Waals surface area (Å²) in [5.41, 5.74) is 2.20. The molecule has 0 atom stereocenters. The van der Waals surface area contributed by atoms with E-state index in [2.05, 4.69) is 4.98 Å². The van der Waals surface area contributed by atoms with E-state index in [0.29, 0.717) is 11.2 Å². The summed E-state index contributed by atoms with van der Waals surface area (Å²) in [5.74, 6) is 0. The Morgan fingerprint density at radius 2 is 1.57 bits per heavy atom. The zero-order valence-electron chi connectivity index (χ0n) is 12.5. The summed E-state index contributed by atoms with van der Waals surface area (Å²) < 4.78 is 27.2. The fourth-order valence-electron chi connectivity index (χ4n) is 2.92. The molecule has 5 heteroatoms. The third-order valence-corrected chi connectivity index (χ3v) is 5.67. The summed E-state index contributed by atoms with van der Waals surface area (Å²) in [5, 5.41) is 1.85. The Bertz CT molecular complexity index is 1130. The van der Waals surface area contributed by atoms with Crippen molar-refractivity contribution in [1.29, 1.82) is 0 Å². The van der Waals surface area contributed by atoms with E-state index in [9.17, 15) is 8.42 Å². The summed E-state index contributed by atoms with van der Waals surface area (Å²) in [6.45, 7) is 1.84. The molecule has 0 N–H and O–H groups in total. The molecular formula is C18H14N2O2S. The predicted octanol–water partition coefficient (Wildman–Crippen LogP) is 3.73. The first-order valence-electron chi connectivity index (χ1n) is 7.26. The van der Waals surface area contributed by atoms with E-state index in [4.69, 9.17) is 0 Å². The fourth-order valence-corrected chi connectivity index (χ4v) is 4.35. The second-order valence-corrected chi connectivity index (χ2v) is 7.22. The summed E-state index contributed by atoms with van der Waals surface area (Å²) in [4.78, 5) is 4.83. The summed E-state index contributed by atoms with van der Waals surface area (Å²) in [6, 6.07) is 18.0. The molecule has 0 aliphatic rings. The average Bonchev–Trinajstić information content (AvgIpc) is 3.02. The average molecular weight is 322 g/mol. The first kappa shape index (κ1) is 14.0. The first-order chi connectivity index (χ1) is 11.1. The minimum Gasteiger partial charge on any atom is -0.251 e. The molecule has 23 heavy (non-hydrogen) atoms. The topological polar surface area (TPSA) is 52.0 Å². The number of hydrogen-bond donors (Lipinski definition) is 0. The molecule has 0 spiro atoms. The quantitative estimate of drug-likeness (QED) is 0.565. The monoisotopic (exact) mass is 322 g/mol. The fraction of sp³-hybridized carbons (Fsp3) is 0.0556. The van der Waals surface area contributed by atoms with Gasteiger partial charge < -0.3 is 0 Å². The number of hydrogen-bond acceptors (Lipinski definition) is 3. The van der Waals surface area contributed by atoms with Crippen LogP contribution in [-0.4, -0.2) is 17.4 Å². The highest BCUT2D eigenvalue weighted by atomic mass is 32.2. The van der Waals surface area contributed by atoms with Crippen LogP contribution in [-0.2, 0) is 10.0 Å². The van der Waals surface area contributed by atoms with Crippen LogP contribution in [0, 0.1) is 6.92 Å². The van der Waals surface area contributed by atoms with Crippen molar-refractivity contribution in [3.8, 4) is 0 Å². The van der Waals surface area contributed by atoms with Gasteiger partial charge in [-0.05, 0) is 31.2 Å². The molecule has 4 nitrogen and oxygen atoms in total. The number of nitrogens with zero attached hydrogens (tertiary/aromatic N) is 2. The van der Waals surface area contributed by atoms with Crippen LogP contribution in [0.1, 0.15) is 5.69 Å². The number of aryl methyl sites for hydroxylation is 1. The van der Waals surface area contributed by atoms with E-state index < -0.39 is 10.0 Å². The van der Waals surface area contributed by atoms with Crippen LogP contribution < -0.4 is 0 Å². The normalized spacial score (nSPS) is 12.0. The molecule has 4 rings (SSSR count). The lowest BCUT2D eigenvalue weighted by Crippen LogP contribution is -2.12. The number of para-hydroxylation sites is 1. The van der Waals surface area contributed by atoms with E-state index >= 15 is 0 Å². The molecule has 0 saturated carbocycles. The molecule has 4 aromatic rings. The summed E-state index contributed by atoms with van der Waals surface area (Å²) in [7, 11) is -3.64. The number of benzene rings is 2. The van der Waals surface area contributed by atoms with Crippen molar-refractivity contribution in [2.45, 2.75) is 11.8 Å². The zero-order chi connectivity index (χ0) is 16.0. The van der Waals surface area contributed by atoms with Crippen LogP contribution in [0.2, 0.25) is 0 Å². The Morgan fingerprint density at radius 3 is 2.35 bits per heavy atom. The lowest BCUT2D eigenvalue weighted by atomic mass is 10.1. The highest BCUT2D eigenvalue weighted by Crippen LogP contribution is 2.29. The molecule has 0 bridgehead atoms. The van der Waals surface area contributed by atoms with Gasteiger partial charge in [-0.3, -0.25) is 4.98 Å². The Balaban J connectivity index is 2.09. The maximum absolute atomic E-state index is 12.9. The second kappa shape index (κ2) is 4.93. The minimum atomic E-state index is -3.64. The van der Waals surface area contributed by atoms with E-state index in [1.54, 1.807) is 36.5 Å². The SMILES string of the molecule is Cc1nc2ccccc2c2ccn(S(=O)(=O)c3ccccc3)c12. The highest BCUT2D eigenvalue weighted by Gasteiger charge is 2.21. The van der Waals surface area contributed by atoms with E-state index in [1.165, 1.54) is 3.97 Å². The van der Waals surface area contributed by atoms with Crippen molar-refractivity contribution in [3.05, 3.63) is 72.6 Å². The first-order valence-corrected chi connectivity index (χ1v) is 8.70. The Kier molecular flexibility index (Phi) is 2.99. The van der Waals surface area contributed by atoms with Crippen molar-refractivity contribution < 1.29 is 8.42 Å². The molecule has 0 amide bonds. The van der Waals surface area contributed by atoms with Gasteiger partial charge in [-0.2, -0.15) is 0 Å². The number of rotatable bonds is 2. The molecule has 2 aromatic carbocycles. The Hall–Kier alpha value is -2.66. The van der Waals surface area contributed by atoms with Crippen molar-refractivity contribution in [3.63, 3.8) is 0 Å². The van der Waals surface area contributed by atoms with Crippen LogP contribution in [0.3, 0.4) is 0 Å². The van der Waals surface area contributed by atoms with Gasteiger partial charge in [0.25, 0.3) is 10.0 Å². The Morgan fingerprint density at radius 1 is 0.870 bits per heavy atom. The van der Waals surface area contributed by atoms with E-state index in [0.717, 1.165) is 16.3 Å². The molecular weight excluding hydrogens is 308 g/mol. The number of fused-ring (bicyclic) bond motifs is 3. The summed E-state index contributed by atoms with van der Waals surface area (Å²) in [6.07, 6.45) is 1.61. The molecule has 0 radical (unpaired) electrons. The van der Waals surface area contributed by atoms with Gasteiger partial charge in [-0.1, -0.05) is 36.4 Å². The van der Waals surface area contributed by atoms with E-state index in [1.807, 2.05) is 37.3 Å². The van der Waals surface area contributed by atoms with Crippen molar-refractivity contribution in [1.82, 2.24) is 8.96 Å². The molecule has 0 aliphatic heterocycles. The third kappa shape index (κ3) is 2.04. The molecule has 114 valence electrons. The Labute approximate surface area is 134 Å². The number of aromatic nitrogens is 2. The lowest BCUT2D eigenvalue weighted by Gasteiger charge is -2.10. The van der Waals surface area contributed by atoms with Crippen LogP contribution in [0.4, 0.5) is 0 Å². The smallest absolute Gasteiger partial charge is 0.251 e. The van der Waals surface area contributed by atoms with Gasteiger partial charge in [0, 0.05) is 17.0 Å². The zero-order valence-corrected chi connectivity index (χ0v) is 13.3. The molecule has 0 aliphatic carbocycles. The van der Waals surface area contributed by atoms with E-state index in [-0.39, 0.29) is 4.90 Å². The largest absolute Gasteiger partial charge is 0.268 e. The molecule has 0 saturated heterocycles. The van der Waals surface area contributed by atoms with Gasteiger partial charge in [0.2, 0.25) is 0 Å². The van der Waals surface area contributed by atoms with Gasteiger partial charge in [-0.15, -0.1) is 0 Å². The number of pyridine rings is 1. The maximum Gasteiger partial charge on any atom is 0.268 e. The van der Waals surface area contributed by atoms with Crippen LogP contribution >= 0.6 is 0 Å². The predicted molar refractivity (Wildman–Crippen MR) is 91.0 cm³/mol. The van der Waals surface area contributed by atoms with Crippen LogP contribution in [0.15, 0.2) is 71.8 Å². The second-order valence-electron chi connectivity index (χ2n) is 5.41. The lowest BCUT2D eigenvalue weighted by molar-refractivity contribution is 0.589. The van der Waals surface area contributed by atoms with Crippen LogP contribution in [0.5, 0.6) is 0 Å². The third-order valence-electron chi connectivity index (χ3n) is 3.98. The van der Waals surface area contributed by atoms with Gasteiger partial charge in [0.1, 0.15) is 0 Å². The van der Waals surface area contributed by atoms with Crippen molar-refractivity contribution in [2.24, 2.45) is 0 Å². The molecule has 2 aromatic heterocycles.